The molecule has 0 atom stereocenters. The number of anilines is 1. The lowest BCUT2D eigenvalue weighted by atomic mass is 10.1. The third-order valence-electron chi connectivity index (χ3n) is 6.49. The Hall–Kier alpha value is -2.90. The van der Waals surface area contributed by atoms with Gasteiger partial charge in [0, 0.05) is 25.9 Å². The summed E-state index contributed by atoms with van der Waals surface area (Å²) in [5, 5.41) is 4.25. The number of aromatic nitrogens is 2. The van der Waals surface area contributed by atoms with Crippen molar-refractivity contribution in [2.24, 2.45) is 0 Å². The van der Waals surface area contributed by atoms with Crippen LogP contribution in [0.15, 0.2) is 85.5 Å². The quantitative estimate of drug-likeness (QED) is 0.280. The molecular formula is C27H22BrN3O2S. The Bertz CT molecular complexity index is 1380. The van der Waals surface area contributed by atoms with E-state index in [-0.39, 0.29) is 11.9 Å². The highest BCUT2D eigenvalue weighted by Crippen LogP contribution is 2.45. The Kier molecular flexibility index (Phi) is 5.75. The zero-order valence-electron chi connectivity index (χ0n) is 18.4. The zero-order chi connectivity index (χ0) is 23.1. The predicted octanol–water partition coefficient (Wildman–Crippen LogP) is 7.14. The number of hydrogen-bond acceptors (Lipinski definition) is 5. The third-order valence-corrected chi connectivity index (χ3v) is 8.39. The van der Waals surface area contributed by atoms with Crippen LogP contribution < -0.4 is 4.90 Å². The Morgan fingerprint density at radius 2 is 1.79 bits per heavy atom. The first-order valence-corrected chi connectivity index (χ1v) is 13.1. The molecule has 4 aromatic rings. The summed E-state index contributed by atoms with van der Waals surface area (Å²) in [5.74, 6) is 1.22. The van der Waals surface area contributed by atoms with Gasteiger partial charge in [0.2, 0.25) is 11.7 Å². The van der Waals surface area contributed by atoms with Gasteiger partial charge in [0.15, 0.2) is 0 Å². The normalized spacial score (nSPS) is 15.8. The molecule has 1 amide bonds. The van der Waals surface area contributed by atoms with Crippen LogP contribution in [0.5, 0.6) is 0 Å². The van der Waals surface area contributed by atoms with Gasteiger partial charge in [0.05, 0.1) is 17.7 Å². The van der Waals surface area contributed by atoms with Crippen molar-refractivity contribution >= 4 is 39.3 Å². The molecule has 1 aliphatic carbocycles. The van der Waals surface area contributed by atoms with Crippen molar-refractivity contribution in [1.29, 1.82) is 0 Å². The minimum absolute atomic E-state index is 0.0942. The van der Waals surface area contributed by atoms with Crippen LogP contribution in [0.1, 0.15) is 47.5 Å². The van der Waals surface area contributed by atoms with Gasteiger partial charge in [-0.3, -0.25) is 4.79 Å². The van der Waals surface area contributed by atoms with E-state index in [1.807, 2.05) is 65.6 Å². The summed E-state index contributed by atoms with van der Waals surface area (Å²) in [6.07, 6.45) is 4.98. The summed E-state index contributed by atoms with van der Waals surface area (Å²) in [6, 6.07) is 22.3. The minimum atomic E-state index is 0.0942. The van der Waals surface area contributed by atoms with Crippen LogP contribution in [0.4, 0.5) is 5.69 Å². The predicted molar refractivity (Wildman–Crippen MR) is 136 cm³/mol. The van der Waals surface area contributed by atoms with E-state index in [4.69, 9.17) is 4.52 Å². The SMILES string of the molecule is O=C1c2ccccc2Sc2cc(-c3noc(Cc4ccccc4Br)n3)ccc2N1C1CCCC1. The molecule has 6 rings (SSSR count). The highest BCUT2D eigenvalue weighted by atomic mass is 79.9. The summed E-state index contributed by atoms with van der Waals surface area (Å²) in [7, 11) is 0. The van der Waals surface area contributed by atoms with Crippen molar-refractivity contribution in [2.75, 3.05) is 4.90 Å². The molecule has 0 N–H and O–H groups in total. The van der Waals surface area contributed by atoms with Crippen molar-refractivity contribution in [2.45, 2.75) is 47.9 Å². The van der Waals surface area contributed by atoms with Crippen LogP contribution in [0.2, 0.25) is 0 Å². The molecule has 2 aliphatic rings. The Labute approximate surface area is 210 Å². The van der Waals surface area contributed by atoms with Gasteiger partial charge in [-0.1, -0.05) is 76.0 Å². The average molecular weight is 532 g/mol. The number of carbonyl (C=O) groups is 1. The molecule has 1 saturated carbocycles. The average Bonchev–Trinajstić information content (AvgIpc) is 3.53. The number of benzene rings is 3. The van der Waals surface area contributed by atoms with Gasteiger partial charge >= 0.3 is 0 Å². The van der Waals surface area contributed by atoms with Crippen molar-refractivity contribution in [1.82, 2.24) is 10.1 Å². The lowest BCUT2D eigenvalue weighted by Gasteiger charge is -2.29. The second kappa shape index (κ2) is 9.04. The van der Waals surface area contributed by atoms with Crippen LogP contribution in [0.25, 0.3) is 11.4 Å². The number of amides is 1. The number of fused-ring (bicyclic) bond motifs is 2. The first-order chi connectivity index (χ1) is 16.7. The molecule has 7 heteroatoms. The smallest absolute Gasteiger partial charge is 0.259 e. The monoisotopic (exact) mass is 531 g/mol. The Morgan fingerprint density at radius 1 is 1.00 bits per heavy atom. The molecule has 0 saturated heterocycles. The van der Waals surface area contributed by atoms with E-state index in [1.54, 1.807) is 11.8 Å². The summed E-state index contributed by atoms with van der Waals surface area (Å²) < 4.78 is 6.59. The largest absolute Gasteiger partial charge is 0.339 e. The van der Waals surface area contributed by atoms with E-state index in [2.05, 4.69) is 32.1 Å². The molecular weight excluding hydrogens is 510 g/mol. The van der Waals surface area contributed by atoms with E-state index in [1.165, 1.54) is 12.8 Å². The van der Waals surface area contributed by atoms with Gasteiger partial charge in [-0.25, -0.2) is 0 Å². The van der Waals surface area contributed by atoms with Gasteiger partial charge in [-0.2, -0.15) is 4.98 Å². The Morgan fingerprint density at radius 3 is 2.65 bits per heavy atom. The molecule has 5 nitrogen and oxygen atoms in total. The summed E-state index contributed by atoms with van der Waals surface area (Å²) in [4.78, 5) is 22.3. The number of hydrogen-bond donors (Lipinski definition) is 0. The second-order valence-corrected chi connectivity index (χ2v) is 10.6. The summed E-state index contributed by atoms with van der Waals surface area (Å²) in [6.45, 7) is 0. The topological polar surface area (TPSA) is 59.2 Å². The molecule has 1 aromatic heterocycles. The van der Waals surface area contributed by atoms with E-state index in [9.17, 15) is 4.79 Å². The lowest BCUT2D eigenvalue weighted by Crippen LogP contribution is -2.39. The molecule has 34 heavy (non-hydrogen) atoms. The maximum Gasteiger partial charge on any atom is 0.259 e. The van der Waals surface area contributed by atoms with Gasteiger partial charge in [-0.15, -0.1) is 0 Å². The van der Waals surface area contributed by atoms with Crippen LogP contribution in [0.3, 0.4) is 0 Å². The molecule has 1 aliphatic heterocycles. The van der Waals surface area contributed by atoms with E-state index in [0.29, 0.717) is 18.1 Å². The number of halogens is 1. The Balaban J connectivity index is 1.37. The highest BCUT2D eigenvalue weighted by molar-refractivity contribution is 9.10. The fourth-order valence-corrected chi connectivity index (χ4v) is 6.33. The van der Waals surface area contributed by atoms with Crippen molar-refractivity contribution < 1.29 is 9.32 Å². The molecule has 170 valence electrons. The van der Waals surface area contributed by atoms with Crippen LogP contribution in [-0.4, -0.2) is 22.1 Å². The molecule has 0 spiro atoms. The van der Waals surface area contributed by atoms with E-state index >= 15 is 0 Å². The fourth-order valence-electron chi connectivity index (χ4n) is 4.80. The van der Waals surface area contributed by atoms with Crippen LogP contribution in [0, 0.1) is 0 Å². The van der Waals surface area contributed by atoms with E-state index < -0.39 is 0 Å². The molecule has 2 heterocycles. The van der Waals surface area contributed by atoms with Gasteiger partial charge < -0.3 is 9.42 Å². The number of rotatable bonds is 4. The molecule has 3 aromatic carbocycles. The molecule has 1 fully saturated rings. The summed E-state index contributed by atoms with van der Waals surface area (Å²) >= 11 is 5.22. The molecule has 0 unspecified atom stereocenters. The van der Waals surface area contributed by atoms with Gasteiger partial charge in [-0.05, 0) is 54.8 Å². The fraction of sp³-hybridized carbons (Fsp3) is 0.222. The number of nitrogens with zero attached hydrogens (tertiary/aromatic N) is 3. The van der Waals surface area contributed by atoms with Crippen molar-refractivity contribution in [3.05, 3.63) is 88.2 Å². The summed E-state index contributed by atoms with van der Waals surface area (Å²) in [5.41, 5.74) is 3.72. The van der Waals surface area contributed by atoms with Crippen molar-refractivity contribution in [3.8, 4) is 11.4 Å². The number of carbonyl (C=O) groups excluding carboxylic acids is 1. The van der Waals surface area contributed by atoms with Gasteiger partial charge in [0.1, 0.15) is 0 Å². The first-order valence-electron chi connectivity index (χ1n) is 11.5. The highest BCUT2D eigenvalue weighted by Gasteiger charge is 2.34. The first kappa shape index (κ1) is 21.6. The maximum atomic E-state index is 13.6. The van der Waals surface area contributed by atoms with Crippen LogP contribution in [-0.2, 0) is 6.42 Å². The standard InChI is InChI=1S/C27H22BrN3O2S/c28-21-11-5-1-7-17(21)16-25-29-26(30-33-25)18-13-14-22-24(15-18)34-23-12-6-4-10-20(23)27(32)31(22)19-8-2-3-9-19/h1,4-7,10-15,19H,2-3,8-9,16H2. The van der Waals surface area contributed by atoms with Crippen molar-refractivity contribution in [3.63, 3.8) is 0 Å². The zero-order valence-corrected chi connectivity index (χ0v) is 20.8. The third kappa shape index (κ3) is 3.97. The molecule has 0 radical (unpaired) electrons. The minimum Gasteiger partial charge on any atom is -0.339 e. The van der Waals surface area contributed by atoms with E-state index in [0.717, 1.165) is 49.5 Å². The van der Waals surface area contributed by atoms with Gasteiger partial charge in [0.25, 0.3) is 5.91 Å². The second-order valence-electron chi connectivity index (χ2n) is 8.67. The van der Waals surface area contributed by atoms with Crippen LogP contribution >= 0.6 is 27.7 Å². The lowest BCUT2D eigenvalue weighted by molar-refractivity contribution is 0.0974. The maximum absolute atomic E-state index is 13.6. The molecule has 0 bridgehead atoms.